The topological polar surface area (TPSA) is 35.5 Å². The number of benzene rings is 1. The number of Topliss-reactive ketones (excluding diaryl/α,β-unsaturated/α-hetero) is 1. The minimum atomic E-state index is -0.406. The van der Waals surface area contributed by atoms with E-state index in [2.05, 4.69) is 13.0 Å². The van der Waals surface area contributed by atoms with E-state index >= 15 is 0 Å². The summed E-state index contributed by atoms with van der Waals surface area (Å²) in [5.41, 5.74) is 2.25. The van der Waals surface area contributed by atoms with Crippen LogP contribution in [0.3, 0.4) is 0 Å². The van der Waals surface area contributed by atoms with Crippen LogP contribution in [0.25, 0.3) is 0 Å². The van der Waals surface area contributed by atoms with Crippen molar-refractivity contribution >= 4 is 5.78 Å². The molecule has 1 spiro atoms. The Kier molecular flexibility index (Phi) is 2.60. The molecule has 3 heteroatoms. The predicted octanol–water partition coefficient (Wildman–Crippen LogP) is 3.07. The van der Waals surface area contributed by atoms with Gasteiger partial charge in [-0.1, -0.05) is 31.2 Å². The van der Waals surface area contributed by atoms with E-state index in [1.165, 1.54) is 5.56 Å². The molecule has 0 amide bonds. The Bertz CT molecular complexity index is 559. The van der Waals surface area contributed by atoms with Crippen molar-refractivity contribution in [1.29, 1.82) is 0 Å². The highest BCUT2D eigenvalue weighted by molar-refractivity contribution is 5.99. The lowest BCUT2D eigenvalue weighted by molar-refractivity contribution is -0.197. The molecular formula is C17H20O3. The zero-order chi connectivity index (χ0) is 13.8. The third kappa shape index (κ3) is 1.63. The Labute approximate surface area is 119 Å². The lowest BCUT2D eigenvalue weighted by atomic mass is 9.57. The Morgan fingerprint density at radius 3 is 2.70 bits per heavy atom. The molecule has 1 heterocycles. The number of fused-ring (bicyclic) bond motifs is 3. The number of rotatable bonds is 0. The Morgan fingerprint density at radius 1 is 1.15 bits per heavy atom. The van der Waals surface area contributed by atoms with Crippen LogP contribution in [0.5, 0.6) is 0 Å². The smallest absolute Gasteiger partial charge is 0.168 e. The zero-order valence-corrected chi connectivity index (χ0v) is 11.9. The van der Waals surface area contributed by atoms with Crippen LogP contribution in [0.15, 0.2) is 24.3 Å². The van der Waals surface area contributed by atoms with Crippen molar-refractivity contribution < 1.29 is 14.3 Å². The summed E-state index contributed by atoms with van der Waals surface area (Å²) < 4.78 is 11.7. The van der Waals surface area contributed by atoms with Crippen molar-refractivity contribution in [3.8, 4) is 0 Å². The van der Waals surface area contributed by atoms with E-state index in [0.29, 0.717) is 25.6 Å². The van der Waals surface area contributed by atoms with E-state index in [-0.39, 0.29) is 11.2 Å². The predicted molar refractivity (Wildman–Crippen MR) is 74.7 cm³/mol. The van der Waals surface area contributed by atoms with Crippen LogP contribution >= 0.6 is 0 Å². The van der Waals surface area contributed by atoms with Gasteiger partial charge in [0, 0.05) is 24.8 Å². The second-order valence-electron chi connectivity index (χ2n) is 6.60. The highest BCUT2D eigenvalue weighted by atomic mass is 16.7. The van der Waals surface area contributed by atoms with Gasteiger partial charge in [-0.15, -0.1) is 0 Å². The van der Waals surface area contributed by atoms with Gasteiger partial charge in [0.2, 0.25) is 0 Å². The van der Waals surface area contributed by atoms with Gasteiger partial charge >= 0.3 is 0 Å². The number of carbonyl (C=O) groups is 1. The van der Waals surface area contributed by atoms with Gasteiger partial charge in [0.05, 0.1) is 13.2 Å². The minimum Gasteiger partial charge on any atom is -0.348 e. The summed E-state index contributed by atoms with van der Waals surface area (Å²) in [6, 6.07) is 8.13. The second kappa shape index (κ2) is 4.15. The third-order valence-corrected chi connectivity index (χ3v) is 5.57. The van der Waals surface area contributed by atoms with E-state index in [1.54, 1.807) is 0 Å². The molecule has 1 saturated heterocycles. The van der Waals surface area contributed by atoms with Gasteiger partial charge in [-0.25, -0.2) is 0 Å². The van der Waals surface area contributed by atoms with Crippen LogP contribution < -0.4 is 0 Å². The molecular weight excluding hydrogens is 252 g/mol. The summed E-state index contributed by atoms with van der Waals surface area (Å²) in [5, 5.41) is 0. The molecule has 0 N–H and O–H groups in total. The number of hydrogen-bond acceptors (Lipinski definition) is 3. The van der Waals surface area contributed by atoms with Crippen molar-refractivity contribution in [2.24, 2.45) is 5.92 Å². The summed E-state index contributed by atoms with van der Waals surface area (Å²) in [5.74, 6) is 0.200. The van der Waals surface area contributed by atoms with Gasteiger partial charge in [-0.05, 0) is 23.3 Å². The molecule has 2 fully saturated rings. The van der Waals surface area contributed by atoms with Gasteiger partial charge in [0.15, 0.2) is 11.6 Å². The third-order valence-electron chi connectivity index (χ3n) is 5.57. The molecule has 0 radical (unpaired) electrons. The lowest BCUT2D eigenvalue weighted by Gasteiger charge is -2.50. The molecule has 20 heavy (non-hydrogen) atoms. The fourth-order valence-electron chi connectivity index (χ4n) is 4.33. The maximum absolute atomic E-state index is 12.4. The quantitative estimate of drug-likeness (QED) is 0.728. The van der Waals surface area contributed by atoms with Gasteiger partial charge in [0.1, 0.15) is 0 Å². The average Bonchev–Trinajstić information content (AvgIpc) is 2.91. The monoisotopic (exact) mass is 272 g/mol. The van der Waals surface area contributed by atoms with Gasteiger partial charge in [-0.3, -0.25) is 4.79 Å². The maximum atomic E-state index is 12.4. The summed E-state index contributed by atoms with van der Waals surface area (Å²) >= 11 is 0. The molecule has 0 aromatic heterocycles. The molecule has 4 rings (SSSR count). The number of ketones is 1. The summed E-state index contributed by atoms with van der Waals surface area (Å²) in [6.45, 7) is 3.69. The van der Waals surface area contributed by atoms with Crippen molar-refractivity contribution in [3.05, 3.63) is 35.4 Å². The standard InChI is InChI=1S/C17H20O3/c1-16-6-7-17(19-8-9-20-17)11-12(16)10-15(18)13-4-2-3-5-14(13)16/h2-5,12H,6-11H2,1H3/t12-,16+/m1/s1. The average molecular weight is 272 g/mol. The van der Waals surface area contributed by atoms with Crippen LogP contribution in [-0.2, 0) is 14.9 Å². The molecule has 106 valence electrons. The molecule has 0 unspecified atom stereocenters. The van der Waals surface area contributed by atoms with Crippen LogP contribution in [0.2, 0.25) is 0 Å². The molecule has 1 saturated carbocycles. The second-order valence-corrected chi connectivity index (χ2v) is 6.60. The van der Waals surface area contributed by atoms with Crippen LogP contribution in [0, 0.1) is 5.92 Å². The zero-order valence-electron chi connectivity index (χ0n) is 11.9. The Balaban J connectivity index is 1.75. The fraction of sp³-hybridized carbons (Fsp3) is 0.588. The molecule has 2 atom stereocenters. The van der Waals surface area contributed by atoms with Gasteiger partial charge in [0.25, 0.3) is 0 Å². The molecule has 3 nitrogen and oxygen atoms in total. The molecule has 1 aromatic carbocycles. The van der Waals surface area contributed by atoms with E-state index in [0.717, 1.165) is 24.8 Å². The lowest BCUT2D eigenvalue weighted by Crippen LogP contribution is -2.50. The van der Waals surface area contributed by atoms with E-state index in [4.69, 9.17) is 9.47 Å². The molecule has 0 bridgehead atoms. The van der Waals surface area contributed by atoms with E-state index in [9.17, 15) is 4.79 Å². The van der Waals surface area contributed by atoms with E-state index in [1.807, 2.05) is 18.2 Å². The minimum absolute atomic E-state index is 0.0884. The highest BCUT2D eigenvalue weighted by Gasteiger charge is 2.53. The maximum Gasteiger partial charge on any atom is 0.168 e. The number of carbonyl (C=O) groups excluding carboxylic acids is 1. The van der Waals surface area contributed by atoms with Crippen molar-refractivity contribution in [3.63, 3.8) is 0 Å². The molecule has 2 aliphatic carbocycles. The first kappa shape index (κ1) is 12.5. The summed E-state index contributed by atoms with van der Waals surface area (Å²) in [7, 11) is 0. The highest BCUT2D eigenvalue weighted by Crippen LogP contribution is 2.54. The molecule has 1 aromatic rings. The normalized spacial score (nSPS) is 34.9. The Hall–Kier alpha value is -1.19. The molecule has 1 aliphatic heterocycles. The van der Waals surface area contributed by atoms with Crippen molar-refractivity contribution in [2.45, 2.75) is 43.8 Å². The van der Waals surface area contributed by atoms with Crippen LogP contribution in [0.1, 0.15) is 48.5 Å². The first-order valence-electron chi connectivity index (χ1n) is 7.54. The fourth-order valence-corrected chi connectivity index (χ4v) is 4.33. The van der Waals surface area contributed by atoms with Crippen molar-refractivity contribution in [2.75, 3.05) is 13.2 Å². The summed E-state index contributed by atoms with van der Waals surface area (Å²) in [6.07, 6.45) is 3.44. The first-order chi connectivity index (χ1) is 9.63. The van der Waals surface area contributed by atoms with Crippen LogP contribution in [0.4, 0.5) is 0 Å². The molecule has 3 aliphatic rings. The van der Waals surface area contributed by atoms with E-state index < -0.39 is 5.79 Å². The first-order valence-corrected chi connectivity index (χ1v) is 7.54. The Morgan fingerprint density at radius 2 is 1.90 bits per heavy atom. The van der Waals surface area contributed by atoms with Crippen LogP contribution in [-0.4, -0.2) is 24.8 Å². The number of ether oxygens (including phenoxy) is 2. The largest absolute Gasteiger partial charge is 0.348 e. The SMILES string of the molecule is C[C@]12CCC3(C[C@H]1CC(=O)c1ccccc12)OCCO3. The summed E-state index contributed by atoms with van der Waals surface area (Å²) in [4.78, 5) is 12.4. The van der Waals surface area contributed by atoms with Gasteiger partial charge in [-0.2, -0.15) is 0 Å². The van der Waals surface area contributed by atoms with Crippen molar-refractivity contribution in [1.82, 2.24) is 0 Å². The number of hydrogen-bond donors (Lipinski definition) is 0. The van der Waals surface area contributed by atoms with Gasteiger partial charge < -0.3 is 9.47 Å².